The van der Waals surface area contributed by atoms with Crippen molar-refractivity contribution in [3.05, 3.63) is 62.8 Å². The highest BCUT2D eigenvalue weighted by Crippen LogP contribution is 2.48. The highest BCUT2D eigenvalue weighted by atomic mass is 127. The Balaban J connectivity index is 2.26. The summed E-state index contributed by atoms with van der Waals surface area (Å²) in [7, 11) is 3.48. The maximum absolute atomic E-state index is 5.91. The molecule has 0 heterocycles. The van der Waals surface area contributed by atoms with Crippen LogP contribution in [0.5, 0.6) is 11.5 Å². The maximum atomic E-state index is 5.91. The number of halogens is 4. The molecule has 6 heteroatoms. The lowest BCUT2D eigenvalue weighted by Crippen LogP contribution is -1.98. The van der Waals surface area contributed by atoms with Crippen molar-refractivity contribution in [2.75, 3.05) is 14.2 Å². The SMILES string of the molecule is COc1c(I)cc2cc(I)ccc2c1-c1c(OC)c(I)cc2cc(I)ccc12. The topological polar surface area (TPSA) is 18.5 Å². The molecule has 0 aliphatic rings. The minimum atomic E-state index is 0.884. The Morgan fingerprint density at radius 2 is 0.964 bits per heavy atom. The van der Waals surface area contributed by atoms with Gasteiger partial charge in [0, 0.05) is 18.3 Å². The van der Waals surface area contributed by atoms with Gasteiger partial charge in [0.25, 0.3) is 0 Å². The molecule has 28 heavy (non-hydrogen) atoms. The van der Waals surface area contributed by atoms with Gasteiger partial charge in [0.1, 0.15) is 11.5 Å². The van der Waals surface area contributed by atoms with Crippen molar-refractivity contribution in [1.29, 1.82) is 0 Å². The molecule has 4 aromatic rings. The van der Waals surface area contributed by atoms with Gasteiger partial charge in [-0.25, -0.2) is 0 Å². The fourth-order valence-electron chi connectivity index (χ4n) is 3.54. The van der Waals surface area contributed by atoms with Crippen molar-refractivity contribution >= 4 is 112 Å². The fraction of sp³-hybridized carbons (Fsp3) is 0.0909. The van der Waals surface area contributed by atoms with E-state index in [1.807, 2.05) is 0 Å². The van der Waals surface area contributed by atoms with Crippen LogP contribution in [0.4, 0.5) is 0 Å². The summed E-state index contributed by atoms with van der Waals surface area (Å²) in [6.45, 7) is 0. The molecule has 0 saturated carbocycles. The van der Waals surface area contributed by atoms with Crippen LogP contribution in [0.25, 0.3) is 32.7 Å². The Morgan fingerprint density at radius 1 is 0.571 bits per heavy atom. The second-order valence-electron chi connectivity index (χ2n) is 6.26. The van der Waals surface area contributed by atoms with E-state index < -0.39 is 0 Å². The minimum absolute atomic E-state index is 0.884. The summed E-state index contributed by atoms with van der Waals surface area (Å²) in [6, 6.07) is 17.5. The molecule has 0 amide bonds. The summed E-state index contributed by atoms with van der Waals surface area (Å²) in [4.78, 5) is 0. The molecule has 0 N–H and O–H groups in total. The predicted molar refractivity (Wildman–Crippen MR) is 151 cm³/mol. The summed E-state index contributed by atoms with van der Waals surface area (Å²) >= 11 is 9.45. The van der Waals surface area contributed by atoms with E-state index in [2.05, 4.69) is 139 Å². The van der Waals surface area contributed by atoms with Crippen molar-refractivity contribution < 1.29 is 9.47 Å². The van der Waals surface area contributed by atoms with Crippen LogP contribution in [0.3, 0.4) is 0 Å². The second-order valence-corrected chi connectivity index (χ2v) is 11.1. The average Bonchev–Trinajstić information content (AvgIpc) is 2.65. The molecular weight excluding hydrogens is 804 g/mol. The van der Waals surface area contributed by atoms with Gasteiger partial charge in [-0.15, -0.1) is 0 Å². The van der Waals surface area contributed by atoms with Crippen LogP contribution < -0.4 is 9.47 Å². The molecule has 4 aromatic carbocycles. The Kier molecular flexibility index (Phi) is 6.48. The molecule has 0 atom stereocenters. The fourth-order valence-corrected chi connectivity index (χ4v) is 6.23. The number of benzene rings is 4. The van der Waals surface area contributed by atoms with E-state index in [1.54, 1.807) is 14.2 Å². The van der Waals surface area contributed by atoms with Crippen LogP contribution >= 0.6 is 90.4 Å². The molecular formula is C22H14I4O2. The lowest BCUT2D eigenvalue weighted by molar-refractivity contribution is 0.408. The third kappa shape index (κ3) is 3.70. The van der Waals surface area contributed by atoms with Crippen LogP contribution in [-0.2, 0) is 0 Å². The third-order valence-electron chi connectivity index (χ3n) is 4.68. The molecule has 0 aliphatic heterocycles. The van der Waals surface area contributed by atoms with Gasteiger partial charge in [-0.3, -0.25) is 0 Å². The monoisotopic (exact) mass is 818 g/mol. The van der Waals surface area contributed by atoms with Crippen molar-refractivity contribution in [3.63, 3.8) is 0 Å². The van der Waals surface area contributed by atoms with Gasteiger partial charge in [0.05, 0.1) is 21.4 Å². The van der Waals surface area contributed by atoms with Gasteiger partial charge >= 0.3 is 0 Å². The number of hydrogen-bond donors (Lipinski definition) is 0. The molecule has 0 bridgehead atoms. The van der Waals surface area contributed by atoms with Gasteiger partial charge < -0.3 is 9.47 Å². The standard InChI is InChI=1S/C22H14I4O2/c1-27-21-17(25)9-11-7-13(23)3-5-15(11)19(21)20-16-6-4-14(24)8-12(16)10-18(26)22(20)28-2/h3-10H,1-2H3. The van der Waals surface area contributed by atoms with E-state index in [4.69, 9.17) is 9.47 Å². The Labute approximate surface area is 218 Å². The smallest absolute Gasteiger partial charge is 0.140 e. The zero-order chi connectivity index (χ0) is 20.0. The average molecular weight is 818 g/mol. The zero-order valence-electron chi connectivity index (χ0n) is 14.9. The maximum Gasteiger partial charge on any atom is 0.140 e. The summed E-state index contributed by atoms with van der Waals surface area (Å²) in [5.74, 6) is 1.77. The molecule has 0 aromatic heterocycles. The van der Waals surface area contributed by atoms with Crippen molar-refractivity contribution in [2.45, 2.75) is 0 Å². The molecule has 4 rings (SSSR count). The Hall–Kier alpha value is -0.0800. The van der Waals surface area contributed by atoms with E-state index in [0.717, 1.165) is 40.5 Å². The van der Waals surface area contributed by atoms with E-state index in [9.17, 15) is 0 Å². The van der Waals surface area contributed by atoms with E-state index in [0.29, 0.717) is 0 Å². The van der Waals surface area contributed by atoms with Crippen LogP contribution in [0.15, 0.2) is 48.5 Å². The van der Waals surface area contributed by atoms with Crippen molar-refractivity contribution in [2.24, 2.45) is 0 Å². The summed E-state index contributed by atoms with van der Waals surface area (Å²) < 4.78 is 16.4. The Morgan fingerprint density at radius 3 is 1.32 bits per heavy atom. The number of methoxy groups -OCH3 is 2. The lowest BCUT2D eigenvalue weighted by atomic mass is 9.92. The van der Waals surface area contributed by atoms with Crippen LogP contribution in [0.1, 0.15) is 0 Å². The van der Waals surface area contributed by atoms with Gasteiger partial charge in [0.15, 0.2) is 0 Å². The van der Waals surface area contributed by atoms with E-state index in [1.165, 1.54) is 17.9 Å². The zero-order valence-corrected chi connectivity index (χ0v) is 23.6. The van der Waals surface area contributed by atoms with Gasteiger partial charge in [-0.05, 0) is 148 Å². The molecule has 0 aliphatic carbocycles. The van der Waals surface area contributed by atoms with Crippen LogP contribution in [0, 0.1) is 14.3 Å². The van der Waals surface area contributed by atoms with E-state index in [-0.39, 0.29) is 0 Å². The van der Waals surface area contributed by atoms with Gasteiger partial charge in [0.2, 0.25) is 0 Å². The summed E-state index contributed by atoms with van der Waals surface area (Å²) in [6.07, 6.45) is 0. The third-order valence-corrected chi connectivity index (χ3v) is 7.62. The molecule has 2 nitrogen and oxygen atoms in total. The molecule has 0 radical (unpaired) electrons. The normalized spacial score (nSPS) is 11.2. The molecule has 142 valence electrons. The number of rotatable bonds is 3. The highest BCUT2D eigenvalue weighted by Gasteiger charge is 2.22. The van der Waals surface area contributed by atoms with Crippen LogP contribution in [0.2, 0.25) is 0 Å². The summed E-state index contributed by atoms with van der Waals surface area (Å²) in [5.41, 5.74) is 2.17. The number of fused-ring (bicyclic) bond motifs is 2. The van der Waals surface area contributed by atoms with Crippen molar-refractivity contribution in [3.8, 4) is 22.6 Å². The predicted octanol–water partition coefficient (Wildman–Crippen LogP) is 8.10. The van der Waals surface area contributed by atoms with Crippen molar-refractivity contribution in [1.82, 2.24) is 0 Å². The first-order valence-electron chi connectivity index (χ1n) is 8.36. The first kappa shape index (κ1) is 21.2. The molecule has 0 unspecified atom stereocenters. The van der Waals surface area contributed by atoms with E-state index >= 15 is 0 Å². The summed E-state index contributed by atoms with van der Waals surface area (Å²) in [5, 5.41) is 4.73. The van der Waals surface area contributed by atoms with Gasteiger partial charge in [-0.2, -0.15) is 0 Å². The first-order valence-corrected chi connectivity index (χ1v) is 12.7. The minimum Gasteiger partial charge on any atom is -0.495 e. The van der Waals surface area contributed by atoms with Gasteiger partial charge in [-0.1, -0.05) is 12.1 Å². The number of hydrogen-bond acceptors (Lipinski definition) is 2. The largest absolute Gasteiger partial charge is 0.495 e. The highest BCUT2D eigenvalue weighted by molar-refractivity contribution is 14.1. The molecule has 0 fully saturated rings. The second kappa shape index (κ2) is 8.58. The number of ether oxygens (including phenoxy) is 2. The first-order chi connectivity index (χ1) is 13.4. The van der Waals surface area contributed by atoms with Crippen LogP contribution in [-0.4, -0.2) is 14.2 Å². The molecule has 0 saturated heterocycles. The lowest BCUT2D eigenvalue weighted by Gasteiger charge is -2.20. The quantitative estimate of drug-likeness (QED) is 0.195. The molecule has 0 spiro atoms. The Bertz CT molecular complexity index is 1140.